The van der Waals surface area contributed by atoms with Gasteiger partial charge in [0, 0.05) is 59.1 Å². The van der Waals surface area contributed by atoms with Crippen molar-refractivity contribution in [3.05, 3.63) is 71.8 Å². The Morgan fingerprint density at radius 2 is 1.19 bits per heavy atom. The van der Waals surface area contributed by atoms with E-state index in [0.29, 0.717) is 52.8 Å². The number of fused-ring (bicyclic) bond motifs is 2. The molecule has 0 unspecified atom stereocenters. The summed E-state index contributed by atoms with van der Waals surface area (Å²) in [6.45, 7) is 13.1. The third-order valence-corrected chi connectivity index (χ3v) is 10.7. The zero-order valence-electron chi connectivity index (χ0n) is 33.5. The number of pyridine rings is 2. The molecule has 2 aliphatic heterocycles. The van der Waals surface area contributed by atoms with Crippen molar-refractivity contribution in [1.29, 1.82) is 10.5 Å². The van der Waals surface area contributed by atoms with Crippen LogP contribution < -0.4 is 14.8 Å². The van der Waals surface area contributed by atoms with E-state index in [9.17, 15) is 15.3 Å². The smallest absolute Gasteiger partial charge is 0.410 e. The molecular formula is C41H48N12O4. The normalized spacial score (nSPS) is 15.2. The van der Waals surface area contributed by atoms with Gasteiger partial charge in [0.2, 0.25) is 0 Å². The lowest BCUT2D eigenvalue weighted by molar-refractivity contribution is 0.0184. The second-order valence-electron chi connectivity index (χ2n) is 15.4. The quantitative estimate of drug-likeness (QED) is 0.202. The molecule has 8 heterocycles. The number of carbonyl (C=O) groups is 1. The molecule has 6 aromatic rings. The molecule has 2 saturated heterocycles. The van der Waals surface area contributed by atoms with Crippen LogP contribution in [0.3, 0.4) is 0 Å². The second kappa shape index (κ2) is 16.0. The van der Waals surface area contributed by atoms with Crippen molar-refractivity contribution in [3.63, 3.8) is 0 Å². The topological polar surface area (TPSA) is 178 Å². The van der Waals surface area contributed by atoms with E-state index in [1.165, 1.54) is 6.20 Å². The van der Waals surface area contributed by atoms with Gasteiger partial charge in [-0.25, -0.2) is 13.8 Å². The highest BCUT2D eigenvalue weighted by Crippen LogP contribution is 2.35. The van der Waals surface area contributed by atoms with Crippen molar-refractivity contribution >= 4 is 17.1 Å². The van der Waals surface area contributed by atoms with Crippen LogP contribution in [0.4, 0.5) is 4.79 Å². The van der Waals surface area contributed by atoms with Gasteiger partial charge in [0.05, 0.1) is 51.1 Å². The lowest BCUT2D eigenvalue weighted by Crippen LogP contribution is -2.42. The molecule has 57 heavy (non-hydrogen) atoms. The summed E-state index contributed by atoms with van der Waals surface area (Å²) in [4.78, 5) is 14.1. The van der Waals surface area contributed by atoms with E-state index in [-0.39, 0.29) is 12.1 Å². The van der Waals surface area contributed by atoms with Gasteiger partial charge in [-0.15, -0.1) is 0 Å². The fourth-order valence-electron chi connectivity index (χ4n) is 7.76. The number of nitrogens with one attached hydrogen (secondary N) is 1. The first-order chi connectivity index (χ1) is 27.4. The summed E-state index contributed by atoms with van der Waals surface area (Å²) >= 11 is 0. The lowest BCUT2D eigenvalue weighted by atomic mass is 10.0. The molecule has 296 valence electrons. The predicted octanol–water partition coefficient (Wildman–Crippen LogP) is 6.27. The zero-order chi connectivity index (χ0) is 40.4. The van der Waals surface area contributed by atoms with E-state index in [1.54, 1.807) is 34.3 Å². The van der Waals surface area contributed by atoms with Gasteiger partial charge in [-0.05, 0) is 85.5 Å². The van der Waals surface area contributed by atoms with Crippen LogP contribution in [0.1, 0.15) is 81.1 Å². The Balaban J connectivity index is 0.000000179. The van der Waals surface area contributed by atoms with E-state index in [0.717, 1.165) is 72.4 Å². The Labute approximate surface area is 331 Å². The average molecular weight is 773 g/mol. The molecule has 0 atom stereocenters. The molecule has 2 fully saturated rings. The van der Waals surface area contributed by atoms with E-state index >= 15 is 0 Å². The van der Waals surface area contributed by atoms with Crippen molar-refractivity contribution in [2.24, 2.45) is 0 Å². The van der Waals surface area contributed by atoms with Gasteiger partial charge in [0.1, 0.15) is 51.4 Å². The molecule has 6 aromatic heterocycles. The number of likely N-dealkylation sites (tertiary alicyclic amines) is 1. The average Bonchev–Trinajstić information content (AvgIpc) is 4.02. The van der Waals surface area contributed by atoms with Gasteiger partial charge in [0.25, 0.3) is 0 Å². The molecule has 0 radical (unpaired) electrons. The van der Waals surface area contributed by atoms with Crippen molar-refractivity contribution in [2.45, 2.75) is 78.0 Å². The molecule has 1 amide bonds. The van der Waals surface area contributed by atoms with Crippen LogP contribution >= 0.6 is 0 Å². The van der Waals surface area contributed by atoms with Crippen molar-refractivity contribution in [2.75, 3.05) is 40.4 Å². The van der Waals surface area contributed by atoms with Gasteiger partial charge in [-0.3, -0.25) is 9.36 Å². The monoisotopic (exact) mass is 772 g/mol. The highest BCUT2D eigenvalue weighted by Gasteiger charge is 2.29. The minimum Gasteiger partial charge on any atom is -0.494 e. The first-order valence-electron chi connectivity index (χ1n) is 19.1. The summed E-state index contributed by atoms with van der Waals surface area (Å²) in [6, 6.07) is 8.82. The fourth-order valence-corrected chi connectivity index (χ4v) is 7.76. The van der Waals surface area contributed by atoms with Crippen LogP contribution in [-0.4, -0.2) is 95.8 Å². The van der Waals surface area contributed by atoms with Gasteiger partial charge in [0.15, 0.2) is 0 Å². The van der Waals surface area contributed by atoms with Gasteiger partial charge in [-0.2, -0.15) is 30.9 Å². The first kappa shape index (κ1) is 38.9. The Kier molecular flexibility index (Phi) is 10.9. The summed E-state index contributed by atoms with van der Waals surface area (Å²) in [5.74, 6) is 1.23. The minimum absolute atomic E-state index is 0.211. The number of aromatic nitrogens is 8. The number of hydrogen-bond donors (Lipinski definition) is 1. The number of ether oxygens (including phenoxy) is 3. The van der Waals surface area contributed by atoms with Crippen LogP contribution in [-0.2, 0) is 4.74 Å². The number of amides is 1. The standard InChI is InChI=1S/C23H28N6O3.C18H20N6O/c1-15-19(16-10-20(31-5)21-17(11-24)12-25-28(21)14-16)13-26-29(15)18-6-8-27(9-7-18)22(30)32-23(2,3)4;1-12-16(10-22-24(12)15-3-5-20-6-4-15)13-7-17(25-2)18-14(8-19)9-21-23(18)11-13/h10,12-14,18H,6-9H2,1-5H3;7,9-11,15,20H,3-6H2,1-2H3. The Morgan fingerprint density at radius 1 is 0.737 bits per heavy atom. The van der Waals surface area contributed by atoms with Crippen LogP contribution in [0.2, 0.25) is 0 Å². The lowest BCUT2D eigenvalue weighted by Gasteiger charge is -2.33. The minimum atomic E-state index is -0.494. The number of rotatable bonds is 6. The second-order valence-corrected chi connectivity index (χ2v) is 15.4. The molecule has 8 rings (SSSR count). The zero-order valence-corrected chi connectivity index (χ0v) is 33.5. The Hall–Kier alpha value is -6.39. The van der Waals surface area contributed by atoms with Crippen LogP contribution in [0.5, 0.6) is 11.5 Å². The molecule has 0 aromatic carbocycles. The highest BCUT2D eigenvalue weighted by atomic mass is 16.6. The molecular weight excluding hydrogens is 725 g/mol. The van der Waals surface area contributed by atoms with Crippen LogP contribution in [0.25, 0.3) is 33.3 Å². The van der Waals surface area contributed by atoms with Gasteiger partial charge < -0.3 is 24.4 Å². The summed E-state index contributed by atoms with van der Waals surface area (Å²) in [7, 11) is 3.20. The van der Waals surface area contributed by atoms with Crippen molar-refractivity contribution in [1.82, 2.24) is 49.0 Å². The third kappa shape index (κ3) is 7.73. The van der Waals surface area contributed by atoms with Gasteiger partial charge >= 0.3 is 6.09 Å². The van der Waals surface area contributed by atoms with E-state index in [1.807, 2.05) is 69.3 Å². The molecule has 16 heteroatoms. The Bertz CT molecular complexity index is 2490. The van der Waals surface area contributed by atoms with Crippen molar-refractivity contribution < 1.29 is 19.0 Å². The molecule has 0 spiro atoms. The number of carbonyl (C=O) groups excluding carboxylic acids is 1. The largest absolute Gasteiger partial charge is 0.494 e. The number of methoxy groups -OCH3 is 2. The summed E-state index contributed by atoms with van der Waals surface area (Å²) in [6.07, 6.45) is 14.2. The van der Waals surface area contributed by atoms with E-state index in [4.69, 9.17) is 14.2 Å². The number of hydrogen-bond acceptors (Lipinski definition) is 11. The number of nitriles is 2. The molecule has 1 N–H and O–H groups in total. The molecule has 16 nitrogen and oxygen atoms in total. The molecule has 0 bridgehead atoms. The van der Waals surface area contributed by atoms with E-state index < -0.39 is 5.60 Å². The molecule has 0 aliphatic carbocycles. The van der Waals surface area contributed by atoms with Crippen LogP contribution in [0, 0.1) is 36.5 Å². The maximum absolute atomic E-state index is 12.3. The first-order valence-corrected chi connectivity index (χ1v) is 19.1. The molecule has 0 saturated carbocycles. The summed E-state index contributed by atoms with van der Waals surface area (Å²) in [5.41, 5.74) is 7.94. The van der Waals surface area contributed by atoms with E-state index in [2.05, 4.69) is 49.5 Å². The maximum Gasteiger partial charge on any atom is 0.410 e. The van der Waals surface area contributed by atoms with Crippen LogP contribution in [0.15, 0.2) is 49.3 Å². The fraction of sp³-hybridized carbons (Fsp3) is 0.439. The van der Waals surface area contributed by atoms with Crippen molar-refractivity contribution in [3.8, 4) is 45.9 Å². The Morgan fingerprint density at radius 3 is 1.61 bits per heavy atom. The predicted molar refractivity (Wildman–Crippen MR) is 212 cm³/mol. The highest BCUT2D eigenvalue weighted by molar-refractivity contribution is 5.77. The number of piperidine rings is 2. The SMILES string of the molecule is COc1cc(-c2cnn(C3CCN(C(=O)OC(C)(C)C)CC3)c2C)cn2ncc(C#N)c12.COc1cc(-c2cnn(C3CCNCC3)c2C)cn2ncc(C#N)c12. The maximum atomic E-state index is 12.3. The summed E-state index contributed by atoms with van der Waals surface area (Å²) < 4.78 is 24.1. The number of nitrogens with zero attached hydrogens (tertiary/aromatic N) is 11. The van der Waals surface area contributed by atoms with Gasteiger partial charge in [-0.1, -0.05) is 0 Å². The third-order valence-electron chi connectivity index (χ3n) is 10.7. The molecule has 2 aliphatic rings. The summed E-state index contributed by atoms with van der Waals surface area (Å²) in [5, 5.41) is 39.8.